The average Bonchev–Trinajstić information content (AvgIpc) is 3.61. The van der Waals surface area contributed by atoms with Crippen molar-refractivity contribution < 1.29 is 17.6 Å². The molecule has 2 aromatic heterocycles. The predicted octanol–water partition coefficient (Wildman–Crippen LogP) is 12.6. The maximum absolute atomic E-state index is 15.7. The van der Waals surface area contributed by atoms with Gasteiger partial charge in [-0.05, 0) is 76.1 Å². The van der Waals surface area contributed by atoms with E-state index in [1.54, 1.807) is 0 Å². The van der Waals surface area contributed by atoms with Crippen LogP contribution in [0.2, 0.25) is 0 Å². The summed E-state index contributed by atoms with van der Waals surface area (Å²) in [6.45, 7) is 12.8. The molecule has 8 aromatic rings. The molecule has 0 saturated heterocycles. The largest absolute Gasteiger partial charge is 0.308 e. The fourth-order valence-corrected chi connectivity index (χ4v) is 7.45. The van der Waals surface area contributed by atoms with Gasteiger partial charge in [-0.15, -0.1) is 0 Å². The van der Waals surface area contributed by atoms with Crippen molar-refractivity contribution in [3.63, 3.8) is 0 Å². The molecule has 7 heteroatoms. The molecule has 2 heterocycles. The number of nitriles is 1. The Balaban J connectivity index is 1.56. The number of fused-ring (bicyclic) bond motifs is 6. The monoisotopic (exact) mass is 693 g/mol. The van der Waals surface area contributed by atoms with Crippen LogP contribution < -0.4 is 0 Å². The van der Waals surface area contributed by atoms with Crippen molar-refractivity contribution in [2.45, 2.75) is 52.4 Å². The molecule has 0 aliphatic rings. The van der Waals surface area contributed by atoms with Crippen molar-refractivity contribution in [3.05, 3.63) is 143 Å². The van der Waals surface area contributed by atoms with Crippen molar-refractivity contribution in [1.29, 1.82) is 5.26 Å². The zero-order valence-corrected chi connectivity index (χ0v) is 29.7. The second kappa shape index (κ2) is 11.6. The Labute approximate surface area is 299 Å². The minimum absolute atomic E-state index is 0.0487. The first-order valence-electron chi connectivity index (χ1n) is 17.2. The fraction of sp³-hybridized carbons (Fsp3) is 0.178. The molecular formula is C45H35F4N3. The van der Waals surface area contributed by atoms with Crippen LogP contribution in [0.3, 0.4) is 0 Å². The SMILES string of the molecule is CC(C)(C)c1ccc2c(c1)c1ccccc1n2-c1cc(-c2c(F)cc(F)c(F)c2F)cc(-n2c3ccccc3c3cc(C(C)(C)C)ccc32)c1C#N. The summed E-state index contributed by atoms with van der Waals surface area (Å²) in [6.07, 6.45) is 0. The van der Waals surface area contributed by atoms with Crippen molar-refractivity contribution >= 4 is 43.6 Å². The molecule has 0 bridgehead atoms. The molecule has 8 rings (SSSR count). The lowest BCUT2D eigenvalue weighted by molar-refractivity contribution is 0.437. The van der Waals surface area contributed by atoms with Gasteiger partial charge in [0.05, 0.1) is 39.0 Å². The first-order valence-corrected chi connectivity index (χ1v) is 17.2. The molecule has 0 atom stereocenters. The van der Waals surface area contributed by atoms with Crippen molar-refractivity contribution in [2.75, 3.05) is 0 Å². The Morgan fingerprint density at radius 2 is 0.942 bits per heavy atom. The first kappa shape index (κ1) is 33.3. The molecule has 0 saturated carbocycles. The number of aromatic nitrogens is 2. The number of hydrogen-bond donors (Lipinski definition) is 0. The van der Waals surface area contributed by atoms with Crippen molar-refractivity contribution in [1.82, 2.24) is 9.13 Å². The summed E-state index contributed by atoms with van der Waals surface area (Å²) >= 11 is 0. The zero-order chi connectivity index (χ0) is 36.9. The third-order valence-electron chi connectivity index (χ3n) is 10.2. The quantitative estimate of drug-likeness (QED) is 0.103. The molecule has 0 N–H and O–H groups in total. The second-order valence-corrected chi connectivity index (χ2v) is 15.5. The van der Waals surface area contributed by atoms with E-state index in [0.717, 1.165) is 54.7 Å². The van der Waals surface area contributed by atoms with Crippen LogP contribution in [0.4, 0.5) is 17.6 Å². The summed E-state index contributed by atoms with van der Waals surface area (Å²) in [4.78, 5) is 0. The molecule has 258 valence electrons. The topological polar surface area (TPSA) is 33.6 Å². The van der Waals surface area contributed by atoms with Gasteiger partial charge < -0.3 is 9.13 Å². The van der Waals surface area contributed by atoms with Gasteiger partial charge in [0.1, 0.15) is 17.4 Å². The van der Waals surface area contributed by atoms with Gasteiger partial charge in [-0.2, -0.15) is 5.26 Å². The molecule has 0 aliphatic carbocycles. The maximum Gasteiger partial charge on any atom is 0.195 e. The number of hydrogen-bond acceptors (Lipinski definition) is 1. The Morgan fingerprint density at radius 3 is 1.38 bits per heavy atom. The van der Waals surface area contributed by atoms with Crippen LogP contribution in [-0.4, -0.2) is 9.13 Å². The first-order chi connectivity index (χ1) is 24.7. The minimum atomic E-state index is -1.78. The van der Waals surface area contributed by atoms with E-state index < -0.39 is 28.8 Å². The highest BCUT2D eigenvalue weighted by molar-refractivity contribution is 6.11. The Kier molecular flexibility index (Phi) is 7.41. The number of nitrogens with zero attached hydrogens (tertiary/aromatic N) is 3. The molecule has 0 unspecified atom stereocenters. The van der Waals surface area contributed by atoms with Crippen LogP contribution in [0.1, 0.15) is 58.2 Å². The average molecular weight is 694 g/mol. The van der Waals surface area contributed by atoms with E-state index >= 15 is 8.78 Å². The molecule has 0 spiro atoms. The molecule has 0 amide bonds. The maximum atomic E-state index is 15.7. The van der Waals surface area contributed by atoms with Crippen LogP contribution in [0, 0.1) is 34.6 Å². The Hall–Kier alpha value is -5.87. The Morgan fingerprint density at radius 1 is 0.500 bits per heavy atom. The summed E-state index contributed by atoms with van der Waals surface area (Å²) in [5.41, 5.74) is 5.17. The highest BCUT2D eigenvalue weighted by Gasteiger charge is 2.27. The lowest BCUT2D eigenvalue weighted by Crippen LogP contribution is -2.11. The lowest BCUT2D eigenvalue weighted by atomic mass is 9.86. The second-order valence-electron chi connectivity index (χ2n) is 15.5. The van der Waals surface area contributed by atoms with Crippen molar-refractivity contribution in [2.24, 2.45) is 0 Å². The van der Waals surface area contributed by atoms with Crippen LogP contribution in [-0.2, 0) is 10.8 Å². The third kappa shape index (κ3) is 5.00. The van der Waals surface area contributed by atoms with E-state index in [1.807, 2.05) is 81.9 Å². The van der Waals surface area contributed by atoms with E-state index in [2.05, 4.69) is 59.7 Å². The van der Waals surface area contributed by atoms with Crippen LogP contribution >= 0.6 is 0 Å². The number of para-hydroxylation sites is 2. The predicted molar refractivity (Wildman–Crippen MR) is 203 cm³/mol. The third-order valence-corrected chi connectivity index (χ3v) is 10.2. The fourth-order valence-electron chi connectivity index (χ4n) is 7.45. The van der Waals surface area contributed by atoms with Gasteiger partial charge in [0.15, 0.2) is 17.5 Å². The van der Waals surface area contributed by atoms with E-state index in [9.17, 15) is 14.0 Å². The summed E-state index contributed by atoms with van der Waals surface area (Å²) in [5.74, 6) is -6.30. The van der Waals surface area contributed by atoms with E-state index in [4.69, 9.17) is 0 Å². The zero-order valence-electron chi connectivity index (χ0n) is 29.7. The lowest BCUT2D eigenvalue weighted by Gasteiger charge is -2.21. The number of halogens is 4. The number of rotatable bonds is 3. The van der Waals surface area contributed by atoms with Gasteiger partial charge in [0.25, 0.3) is 0 Å². The molecule has 52 heavy (non-hydrogen) atoms. The summed E-state index contributed by atoms with van der Waals surface area (Å²) < 4.78 is 64.4. The standard InChI is InChI=1S/C45H35F4N3/c1-44(2,3)26-15-17-37-30(21-26)28-11-7-9-13-35(28)51(37)39-19-25(41-33(46)23-34(47)42(48)43(41)49)20-40(32(39)24-50)52-36-14-10-8-12-29(36)31-22-27(45(4,5)6)16-18-38(31)52/h7-23H,1-6H3. The molecule has 3 nitrogen and oxygen atoms in total. The molecule has 0 radical (unpaired) electrons. The van der Waals surface area contributed by atoms with Gasteiger partial charge in [0.2, 0.25) is 0 Å². The summed E-state index contributed by atoms with van der Waals surface area (Å²) in [6, 6.07) is 33.7. The highest BCUT2D eigenvalue weighted by atomic mass is 19.2. The van der Waals surface area contributed by atoms with Crippen LogP contribution in [0.5, 0.6) is 0 Å². The smallest absolute Gasteiger partial charge is 0.195 e. The summed E-state index contributed by atoms with van der Waals surface area (Å²) in [7, 11) is 0. The molecule has 0 fully saturated rings. The van der Waals surface area contributed by atoms with E-state index in [-0.39, 0.29) is 22.0 Å². The molecule has 0 aliphatic heterocycles. The van der Waals surface area contributed by atoms with Crippen molar-refractivity contribution in [3.8, 4) is 28.6 Å². The van der Waals surface area contributed by atoms with Gasteiger partial charge >= 0.3 is 0 Å². The van der Waals surface area contributed by atoms with Crippen LogP contribution in [0.25, 0.3) is 66.1 Å². The van der Waals surface area contributed by atoms with Gasteiger partial charge in [0, 0.05) is 27.6 Å². The van der Waals surface area contributed by atoms with Gasteiger partial charge in [-0.25, -0.2) is 17.6 Å². The number of benzene rings is 6. The summed E-state index contributed by atoms with van der Waals surface area (Å²) in [5, 5.41) is 14.8. The highest BCUT2D eigenvalue weighted by Crippen LogP contribution is 2.42. The Bertz CT molecular complexity index is 2670. The molecular weight excluding hydrogens is 659 g/mol. The van der Waals surface area contributed by atoms with Crippen LogP contribution in [0.15, 0.2) is 103 Å². The van der Waals surface area contributed by atoms with Gasteiger partial charge in [-0.1, -0.05) is 90.1 Å². The van der Waals surface area contributed by atoms with Gasteiger partial charge in [-0.3, -0.25) is 0 Å². The normalized spacial score (nSPS) is 12.4. The minimum Gasteiger partial charge on any atom is -0.308 e. The molecule has 6 aromatic carbocycles. The van der Waals surface area contributed by atoms with E-state index in [0.29, 0.717) is 17.4 Å². The van der Waals surface area contributed by atoms with E-state index in [1.165, 1.54) is 12.1 Å².